The Morgan fingerprint density at radius 2 is 2.07 bits per heavy atom. The van der Waals surface area contributed by atoms with E-state index in [0.717, 1.165) is 6.26 Å². The second-order valence-corrected chi connectivity index (χ2v) is 8.64. The van der Waals surface area contributed by atoms with E-state index in [1.54, 1.807) is 0 Å². The Labute approximate surface area is 161 Å². The minimum absolute atomic E-state index is 0.0363. The molecule has 1 aliphatic rings. The van der Waals surface area contributed by atoms with E-state index in [-0.39, 0.29) is 35.3 Å². The third-order valence-electron chi connectivity index (χ3n) is 3.61. The first-order valence-electron chi connectivity index (χ1n) is 7.92. The molecular formula is C17H19NO7S2. The van der Waals surface area contributed by atoms with Crippen LogP contribution in [0.15, 0.2) is 40.3 Å². The molecule has 146 valence electrons. The summed E-state index contributed by atoms with van der Waals surface area (Å²) in [5.74, 6) is -1.09. The van der Waals surface area contributed by atoms with Crippen molar-refractivity contribution in [3.63, 3.8) is 0 Å². The molecular weight excluding hydrogens is 394 g/mol. The quantitative estimate of drug-likeness (QED) is 0.373. The maximum Gasteiger partial charge on any atom is 0.338 e. The van der Waals surface area contributed by atoms with Gasteiger partial charge in [-0.1, -0.05) is 17.8 Å². The van der Waals surface area contributed by atoms with Crippen molar-refractivity contribution in [2.45, 2.75) is 11.3 Å². The molecule has 0 aliphatic carbocycles. The highest BCUT2D eigenvalue weighted by molar-refractivity contribution is 8.04. The summed E-state index contributed by atoms with van der Waals surface area (Å²) in [6.45, 7) is 0.327. The first kappa shape index (κ1) is 21.0. The molecule has 1 fully saturated rings. The normalized spacial score (nSPS) is 15.9. The van der Waals surface area contributed by atoms with Crippen LogP contribution in [-0.2, 0) is 28.9 Å². The minimum atomic E-state index is -3.42. The zero-order valence-corrected chi connectivity index (χ0v) is 16.5. The molecule has 0 N–H and O–H groups in total. The number of sulfone groups is 1. The SMILES string of the molecule is COC(=O)/C=C1/SCC(=O)N1CCCOC(=O)c1cccc(S(C)(=O)=O)c1. The van der Waals surface area contributed by atoms with Gasteiger partial charge in [0.1, 0.15) is 0 Å². The molecule has 0 atom stereocenters. The van der Waals surface area contributed by atoms with E-state index in [1.807, 2.05) is 0 Å². The summed E-state index contributed by atoms with van der Waals surface area (Å²) in [7, 11) is -2.16. The highest BCUT2D eigenvalue weighted by Crippen LogP contribution is 2.28. The van der Waals surface area contributed by atoms with Gasteiger partial charge in [0.05, 0.1) is 41.0 Å². The van der Waals surface area contributed by atoms with E-state index in [0.29, 0.717) is 11.4 Å². The fourth-order valence-electron chi connectivity index (χ4n) is 2.25. The van der Waals surface area contributed by atoms with Gasteiger partial charge >= 0.3 is 11.9 Å². The molecule has 8 nitrogen and oxygen atoms in total. The van der Waals surface area contributed by atoms with E-state index in [2.05, 4.69) is 4.74 Å². The van der Waals surface area contributed by atoms with Crippen molar-refractivity contribution in [1.29, 1.82) is 0 Å². The Morgan fingerprint density at radius 1 is 1.33 bits per heavy atom. The number of methoxy groups -OCH3 is 1. The third kappa shape index (κ3) is 5.83. The Bertz CT molecular complexity index is 877. The average Bonchev–Trinajstić information content (AvgIpc) is 2.97. The van der Waals surface area contributed by atoms with Crippen molar-refractivity contribution in [2.24, 2.45) is 0 Å². The molecule has 0 aromatic heterocycles. The molecule has 0 radical (unpaired) electrons. The lowest BCUT2D eigenvalue weighted by Gasteiger charge is -2.16. The molecule has 27 heavy (non-hydrogen) atoms. The zero-order chi connectivity index (χ0) is 20.0. The van der Waals surface area contributed by atoms with Crippen LogP contribution in [-0.4, -0.2) is 63.4 Å². The van der Waals surface area contributed by atoms with E-state index in [1.165, 1.54) is 54.1 Å². The van der Waals surface area contributed by atoms with Crippen LogP contribution in [0, 0.1) is 0 Å². The van der Waals surface area contributed by atoms with Crippen molar-refractivity contribution < 1.29 is 32.3 Å². The lowest BCUT2D eigenvalue weighted by atomic mass is 10.2. The largest absolute Gasteiger partial charge is 0.466 e. The van der Waals surface area contributed by atoms with Gasteiger partial charge in [-0.3, -0.25) is 4.79 Å². The fraction of sp³-hybridized carbons (Fsp3) is 0.353. The predicted molar refractivity (Wildman–Crippen MR) is 98.7 cm³/mol. The van der Waals surface area contributed by atoms with Crippen molar-refractivity contribution in [2.75, 3.05) is 32.3 Å². The first-order valence-corrected chi connectivity index (χ1v) is 10.8. The van der Waals surface area contributed by atoms with Crippen molar-refractivity contribution >= 4 is 39.4 Å². The van der Waals surface area contributed by atoms with Gasteiger partial charge in [-0.15, -0.1) is 0 Å². The lowest BCUT2D eigenvalue weighted by Crippen LogP contribution is -2.27. The molecule has 1 heterocycles. The Morgan fingerprint density at radius 3 is 2.74 bits per heavy atom. The van der Waals surface area contributed by atoms with Crippen molar-refractivity contribution in [1.82, 2.24) is 4.90 Å². The number of ether oxygens (including phenoxy) is 2. The van der Waals surface area contributed by atoms with Gasteiger partial charge in [0.2, 0.25) is 5.91 Å². The number of esters is 2. The fourth-order valence-corrected chi connectivity index (χ4v) is 3.88. The van der Waals surface area contributed by atoms with Crippen LogP contribution in [0.4, 0.5) is 0 Å². The number of hydrogen-bond donors (Lipinski definition) is 0. The van der Waals surface area contributed by atoms with Crippen LogP contribution in [0.5, 0.6) is 0 Å². The van der Waals surface area contributed by atoms with Gasteiger partial charge in [-0.25, -0.2) is 18.0 Å². The maximum absolute atomic E-state index is 12.1. The Balaban J connectivity index is 1.89. The smallest absolute Gasteiger partial charge is 0.338 e. The number of amides is 1. The van der Waals surface area contributed by atoms with Crippen LogP contribution in [0.1, 0.15) is 16.8 Å². The average molecular weight is 413 g/mol. The second kappa shape index (κ2) is 9.05. The zero-order valence-electron chi connectivity index (χ0n) is 14.8. The molecule has 0 unspecified atom stereocenters. The van der Waals surface area contributed by atoms with Crippen LogP contribution in [0.2, 0.25) is 0 Å². The van der Waals surface area contributed by atoms with Gasteiger partial charge in [0.15, 0.2) is 9.84 Å². The molecule has 0 saturated carbocycles. The number of carbonyl (C=O) groups excluding carboxylic acids is 3. The van der Waals surface area contributed by atoms with Gasteiger partial charge in [-0.05, 0) is 24.6 Å². The number of hydrogen-bond acceptors (Lipinski definition) is 8. The highest BCUT2D eigenvalue weighted by atomic mass is 32.2. The standard InChI is InChI=1S/C17H19NO7S2/c1-24-16(20)10-15-18(14(19)11-26-15)7-4-8-25-17(21)12-5-3-6-13(9-12)27(2,22)23/h3,5-6,9-10H,4,7-8,11H2,1-2H3/b15-10+. The lowest BCUT2D eigenvalue weighted by molar-refractivity contribution is -0.134. The van der Waals surface area contributed by atoms with E-state index < -0.39 is 21.8 Å². The number of carbonyl (C=O) groups is 3. The van der Waals surface area contributed by atoms with Crippen molar-refractivity contribution in [3.8, 4) is 0 Å². The number of nitrogens with zero attached hydrogens (tertiary/aromatic N) is 1. The van der Waals surface area contributed by atoms with Gasteiger partial charge in [0, 0.05) is 12.8 Å². The maximum atomic E-state index is 12.1. The summed E-state index contributed by atoms with van der Waals surface area (Å²) in [4.78, 5) is 36.8. The summed E-state index contributed by atoms with van der Waals surface area (Å²) in [6, 6.07) is 5.60. The molecule has 1 saturated heterocycles. The molecule has 10 heteroatoms. The molecule has 0 spiro atoms. The minimum Gasteiger partial charge on any atom is -0.466 e. The first-order chi connectivity index (χ1) is 12.7. The van der Waals surface area contributed by atoms with Crippen LogP contribution in [0.25, 0.3) is 0 Å². The summed E-state index contributed by atoms with van der Waals surface area (Å²) in [6.07, 6.45) is 2.67. The second-order valence-electron chi connectivity index (χ2n) is 5.63. The monoisotopic (exact) mass is 413 g/mol. The van der Waals surface area contributed by atoms with E-state index in [4.69, 9.17) is 4.74 Å². The molecule has 1 aliphatic heterocycles. The topological polar surface area (TPSA) is 107 Å². The predicted octanol–water partition coefficient (Wildman–Crippen LogP) is 1.23. The molecule has 0 bridgehead atoms. The number of thioether (sulfide) groups is 1. The van der Waals surface area contributed by atoms with Crippen LogP contribution < -0.4 is 0 Å². The molecule has 2 rings (SSSR count). The summed E-state index contributed by atoms with van der Waals surface area (Å²) in [5.41, 5.74) is 0.136. The Kier molecular flexibility index (Phi) is 7.03. The molecule has 1 aromatic rings. The van der Waals surface area contributed by atoms with Crippen molar-refractivity contribution in [3.05, 3.63) is 40.9 Å². The van der Waals surface area contributed by atoms with Crippen LogP contribution >= 0.6 is 11.8 Å². The van der Waals surface area contributed by atoms with Gasteiger partial charge in [-0.2, -0.15) is 0 Å². The molecule has 1 aromatic carbocycles. The summed E-state index contributed by atoms with van der Waals surface area (Å²) in [5, 5.41) is 0.499. The number of rotatable bonds is 7. The van der Waals surface area contributed by atoms with Gasteiger partial charge in [0.25, 0.3) is 0 Å². The highest BCUT2D eigenvalue weighted by Gasteiger charge is 2.27. The van der Waals surface area contributed by atoms with Gasteiger partial charge < -0.3 is 14.4 Å². The third-order valence-corrected chi connectivity index (χ3v) is 5.75. The van der Waals surface area contributed by atoms with E-state index in [9.17, 15) is 22.8 Å². The van der Waals surface area contributed by atoms with E-state index >= 15 is 0 Å². The Hall–Kier alpha value is -2.33. The molecule has 1 amide bonds. The summed E-state index contributed by atoms with van der Waals surface area (Å²) < 4.78 is 32.8. The number of benzene rings is 1. The van der Waals surface area contributed by atoms with Crippen LogP contribution in [0.3, 0.4) is 0 Å². The summed E-state index contributed by atoms with van der Waals surface area (Å²) >= 11 is 1.24.